The van der Waals surface area contributed by atoms with Gasteiger partial charge in [-0.2, -0.15) is 0 Å². The molecule has 0 aliphatic carbocycles. The van der Waals surface area contributed by atoms with Crippen LogP contribution in [0.1, 0.15) is 31.4 Å². The van der Waals surface area contributed by atoms with Crippen LogP contribution in [0.5, 0.6) is 0 Å². The second kappa shape index (κ2) is 4.80. The molecule has 2 rings (SSSR count). The van der Waals surface area contributed by atoms with Crippen LogP contribution in [-0.4, -0.2) is 29.0 Å². The highest BCUT2D eigenvalue weighted by Gasteiger charge is 2.27. The molecule has 0 radical (unpaired) electrons. The van der Waals surface area contributed by atoms with Crippen LogP contribution in [0.4, 0.5) is 0 Å². The van der Waals surface area contributed by atoms with Gasteiger partial charge in [-0.15, -0.1) is 0 Å². The van der Waals surface area contributed by atoms with Gasteiger partial charge in [0.15, 0.2) is 0 Å². The van der Waals surface area contributed by atoms with Gasteiger partial charge in [0.1, 0.15) is 5.84 Å². The smallest absolute Gasteiger partial charge is 0.305 e. The van der Waals surface area contributed by atoms with Crippen molar-refractivity contribution in [2.45, 2.75) is 32.2 Å². The van der Waals surface area contributed by atoms with Gasteiger partial charge in [0.2, 0.25) is 0 Å². The number of nitrogens with zero attached hydrogens (tertiary/aromatic N) is 1. The van der Waals surface area contributed by atoms with Crippen LogP contribution in [-0.2, 0) is 11.2 Å². The Labute approximate surface area is 107 Å². The van der Waals surface area contributed by atoms with E-state index < -0.39 is 5.97 Å². The maximum Gasteiger partial charge on any atom is 0.305 e. The molecule has 0 spiro atoms. The van der Waals surface area contributed by atoms with E-state index in [0.29, 0.717) is 6.54 Å². The summed E-state index contributed by atoms with van der Waals surface area (Å²) < 4.78 is 0. The average molecular weight is 246 g/mol. The van der Waals surface area contributed by atoms with E-state index in [9.17, 15) is 4.79 Å². The lowest BCUT2D eigenvalue weighted by Gasteiger charge is -2.34. The molecule has 18 heavy (non-hydrogen) atoms. The molecule has 0 saturated carbocycles. The van der Waals surface area contributed by atoms with Crippen LogP contribution in [0.2, 0.25) is 0 Å². The molecule has 2 N–H and O–H groups in total. The van der Waals surface area contributed by atoms with E-state index >= 15 is 0 Å². The van der Waals surface area contributed by atoms with Gasteiger partial charge >= 0.3 is 5.97 Å². The number of amidine groups is 1. The molecular formula is C14H18N2O2. The molecule has 0 amide bonds. The minimum atomic E-state index is -0.817. The van der Waals surface area contributed by atoms with E-state index in [1.54, 1.807) is 0 Å². The Morgan fingerprint density at radius 2 is 2.17 bits per heavy atom. The molecule has 1 heterocycles. The summed E-state index contributed by atoms with van der Waals surface area (Å²) in [4.78, 5) is 14.9. The quantitative estimate of drug-likeness (QED) is 0.855. The molecule has 4 heteroatoms. The molecule has 4 nitrogen and oxygen atoms in total. The molecule has 1 aliphatic heterocycles. The van der Waals surface area contributed by atoms with Crippen molar-refractivity contribution in [3.63, 3.8) is 0 Å². The third-order valence-electron chi connectivity index (χ3n) is 2.96. The maximum atomic E-state index is 10.5. The van der Waals surface area contributed by atoms with E-state index in [1.807, 2.05) is 18.2 Å². The van der Waals surface area contributed by atoms with Crippen molar-refractivity contribution >= 4 is 11.8 Å². The second-order valence-corrected chi connectivity index (χ2v) is 5.22. The minimum absolute atomic E-state index is 0.0452. The molecule has 1 aliphatic rings. The van der Waals surface area contributed by atoms with Crippen molar-refractivity contribution in [1.82, 2.24) is 5.32 Å². The lowest BCUT2D eigenvalue weighted by molar-refractivity contribution is -0.136. The number of carboxylic acid groups (broad SMARTS) is 1. The number of rotatable bonds is 3. The van der Waals surface area contributed by atoms with Crippen LogP contribution in [0.15, 0.2) is 29.3 Å². The molecule has 0 bridgehead atoms. The predicted octanol–water partition coefficient (Wildman–Crippen LogP) is 1.83. The lowest BCUT2D eigenvalue weighted by atomic mass is 9.87. The van der Waals surface area contributed by atoms with Crippen LogP contribution in [0.25, 0.3) is 0 Å². The van der Waals surface area contributed by atoms with Crippen LogP contribution in [0, 0.1) is 0 Å². The van der Waals surface area contributed by atoms with Crippen molar-refractivity contribution in [1.29, 1.82) is 0 Å². The van der Waals surface area contributed by atoms with Gasteiger partial charge in [0, 0.05) is 11.1 Å². The van der Waals surface area contributed by atoms with Gasteiger partial charge in [-0.05, 0) is 25.8 Å². The molecule has 1 aromatic rings. The summed E-state index contributed by atoms with van der Waals surface area (Å²) in [6.07, 6.45) is 1.01. The van der Waals surface area contributed by atoms with Crippen molar-refractivity contribution in [2.24, 2.45) is 4.99 Å². The van der Waals surface area contributed by atoms with Crippen LogP contribution < -0.4 is 5.32 Å². The zero-order chi connectivity index (χ0) is 13.2. The third-order valence-corrected chi connectivity index (χ3v) is 2.96. The number of fused-ring (bicyclic) bond motifs is 1. The Bertz CT molecular complexity index is 492. The zero-order valence-corrected chi connectivity index (χ0v) is 10.7. The fourth-order valence-corrected chi connectivity index (χ4v) is 2.20. The summed E-state index contributed by atoms with van der Waals surface area (Å²) in [7, 11) is 0. The zero-order valence-electron chi connectivity index (χ0n) is 10.7. The van der Waals surface area contributed by atoms with Crippen LogP contribution in [0.3, 0.4) is 0 Å². The topological polar surface area (TPSA) is 61.7 Å². The first-order chi connectivity index (χ1) is 8.48. The van der Waals surface area contributed by atoms with Gasteiger partial charge in [-0.3, -0.25) is 9.79 Å². The minimum Gasteiger partial charge on any atom is -0.481 e. The first-order valence-corrected chi connectivity index (χ1v) is 6.11. The number of hydrogen-bond acceptors (Lipinski definition) is 2. The largest absolute Gasteiger partial charge is 0.481 e. The number of benzene rings is 1. The standard InChI is InChI=1S/C14H18N2O2/c1-14(2)9-10-5-3-4-6-11(10)13(16-14)15-8-7-12(17)18/h3-6H,7-9H2,1-2H3,(H,15,16)(H,17,18). The Balaban J connectivity index is 2.27. The highest BCUT2D eigenvalue weighted by atomic mass is 16.4. The lowest BCUT2D eigenvalue weighted by Crippen LogP contribution is -2.49. The van der Waals surface area contributed by atoms with Crippen molar-refractivity contribution in [3.05, 3.63) is 35.4 Å². The van der Waals surface area contributed by atoms with E-state index in [-0.39, 0.29) is 12.0 Å². The van der Waals surface area contributed by atoms with Crippen molar-refractivity contribution < 1.29 is 9.90 Å². The van der Waals surface area contributed by atoms with Gasteiger partial charge in [-0.1, -0.05) is 24.3 Å². The first-order valence-electron chi connectivity index (χ1n) is 6.11. The SMILES string of the molecule is CC1(C)Cc2ccccc2C(=NCCC(=O)O)N1. The fraction of sp³-hybridized carbons (Fsp3) is 0.429. The van der Waals surface area contributed by atoms with Gasteiger partial charge in [0.05, 0.1) is 13.0 Å². The van der Waals surface area contributed by atoms with Gasteiger partial charge < -0.3 is 10.4 Å². The normalized spacial score (nSPS) is 19.1. The molecule has 0 unspecified atom stereocenters. The van der Waals surface area contributed by atoms with E-state index in [2.05, 4.69) is 30.2 Å². The highest BCUT2D eigenvalue weighted by Crippen LogP contribution is 2.23. The Kier molecular flexibility index (Phi) is 3.36. The molecule has 1 aromatic carbocycles. The number of aliphatic carboxylic acids is 1. The fourth-order valence-electron chi connectivity index (χ4n) is 2.20. The molecule has 96 valence electrons. The molecule has 0 saturated heterocycles. The van der Waals surface area contributed by atoms with Gasteiger partial charge in [0.25, 0.3) is 0 Å². The Morgan fingerprint density at radius 1 is 1.44 bits per heavy atom. The van der Waals surface area contributed by atoms with E-state index in [4.69, 9.17) is 5.11 Å². The number of carbonyl (C=O) groups is 1. The average Bonchev–Trinajstić information content (AvgIpc) is 2.27. The Hall–Kier alpha value is -1.84. The highest BCUT2D eigenvalue weighted by molar-refractivity contribution is 6.01. The molecule has 0 aromatic heterocycles. The number of nitrogens with one attached hydrogen (secondary N) is 1. The number of carboxylic acids is 1. The monoisotopic (exact) mass is 246 g/mol. The second-order valence-electron chi connectivity index (χ2n) is 5.22. The molecule has 0 atom stereocenters. The summed E-state index contributed by atoms with van der Waals surface area (Å²) in [6, 6.07) is 8.13. The van der Waals surface area contributed by atoms with Crippen LogP contribution >= 0.6 is 0 Å². The third kappa shape index (κ3) is 2.88. The summed E-state index contributed by atoms with van der Waals surface area (Å²) in [5.74, 6) is -0.00851. The predicted molar refractivity (Wildman–Crippen MR) is 71.0 cm³/mol. The summed E-state index contributed by atoms with van der Waals surface area (Å²) in [5.41, 5.74) is 2.30. The van der Waals surface area contributed by atoms with Crippen molar-refractivity contribution in [3.8, 4) is 0 Å². The summed E-state index contributed by atoms with van der Waals surface area (Å²) in [5, 5.41) is 12.0. The molecule has 0 fully saturated rings. The van der Waals surface area contributed by atoms with E-state index in [1.165, 1.54) is 5.56 Å². The maximum absolute atomic E-state index is 10.5. The summed E-state index contributed by atoms with van der Waals surface area (Å²) >= 11 is 0. The number of hydrogen-bond donors (Lipinski definition) is 2. The van der Waals surface area contributed by atoms with Gasteiger partial charge in [-0.25, -0.2) is 0 Å². The van der Waals surface area contributed by atoms with Crippen molar-refractivity contribution in [2.75, 3.05) is 6.54 Å². The number of aliphatic imine (C=N–C) groups is 1. The van der Waals surface area contributed by atoms with E-state index in [0.717, 1.165) is 17.8 Å². The Morgan fingerprint density at radius 3 is 2.89 bits per heavy atom. The molecular weight excluding hydrogens is 228 g/mol. The summed E-state index contributed by atoms with van der Waals surface area (Å²) in [6.45, 7) is 4.55. The first kappa shape index (κ1) is 12.6.